The van der Waals surface area contributed by atoms with E-state index in [-0.39, 0.29) is 0 Å². The van der Waals surface area contributed by atoms with Crippen LogP contribution in [0.5, 0.6) is 0 Å². The van der Waals surface area contributed by atoms with E-state index in [0.29, 0.717) is 6.67 Å². The van der Waals surface area contributed by atoms with Crippen molar-refractivity contribution in [3.63, 3.8) is 0 Å². The second kappa shape index (κ2) is 2.37. The highest BCUT2D eigenvalue weighted by molar-refractivity contribution is 5.83. The highest BCUT2D eigenvalue weighted by Gasteiger charge is 2.16. The van der Waals surface area contributed by atoms with Gasteiger partial charge < -0.3 is 10.6 Å². The van der Waals surface area contributed by atoms with Crippen molar-refractivity contribution in [2.45, 2.75) is 0 Å². The summed E-state index contributed by atoms with van der Waals surface area (Å²) in [6, 6.07) is -0.487. The summed E-state index contributed by atoms with van der Waals surface area (Å²) in [7, 11) is 0. The number of carbonyl (C=O) groups is 1. The minimum atomic E-state index is -0.487. The second-order valence-corrected chi connectivity index (χ2v) is 2.52. The molecular weight excluding hydrogens is 156 g/mol. The Morgan fingerprint density at radius 1 is 1.58 bits per heavy atom. The van der Waals surface area contributed by atoms with Gasteiger partial charge in [-0.2, -0.15) is 0 Å². The van der Waals surface area contributed by atoms with E-state index in [1.54, 1.807) is 24.8 Å². The van der Waals surface area contributed by atoms with Gasteiger partial charge in [0.15, 0.2) is 0 Å². The Balaban J connectivity index is 2.25. The molecule has 0 aliphatic carbocycles. The van der Waals surface area contributed by atoms with Crippen molar-refractivity contribution >= 4 is 12.2 Å². The maximum Gasteiger partial charge on any atom is 0.323 e. The molecule has 0 aromatic heterocycles. The summed E-state index contributed by atoms with van der Waals surface area (Å²) in [6.07, 6.45) is 6.74. The van der Waals surface area contributed by atoms with Crippen molar-refractivity contribution in [3.8, 4) is 0 Å². The topological polar surface area (TPSA) is 61.9 Å². The van der Waals surface area contributed by atoms with Crippen LogP contribution in [0.2, 0.25) is 0 Å². The molecule has 0 bridgehead atoms. The van der Waals surface area contributed by atoms with Gasteiger partial charge >= 0.3 is 6.03 Å². The van der Waals surface area contributed by atoms with E-state index in [1.807, 2.05) is 4.90 Å². The maximum atomic E-state index is 10.7. The molecule has 0 spiro atoms. The van der Waals surface area contributed by atoms with Crippen molar-refractivity contribution in [1.29, 1.82) is 0 Å². The molecule has 5 heteroatoms. The molecule has 12 heavy (non-hydrogen) atoms. The normalized spacial score (nSPS) is 19.5. The summed E-state index contributed by atoms with van der Waals surface area (Å²) in [5.41, 5.74) is 5.96. The lowest BCUT2D eigenvalue weighted by molar-refractivity contribution is 0.233. The fourth-order valence-electron chi connectivity index (χ4n) is 1.09. The van der Waals surface area contributed by atoms with Crippen LogP contribution in [0.3, 0.4) is 0 Å². The van der Waals surface area contributed by atoms with Crippen molar-refractivity contribution in [1.82, 2.24) is 9.80 Å². The Hall–Kier alpha value is -1.78. The van der Waals surface area contributed by atoms with Crippen LogP contribution in [0.25, 0.3) is 0 Å². The first kappa shape index (κ1) is 6.90. The third-order valence-corrected chi connectivity index (χ3v) is 1.72. The van der Waals surface area contributed by atoms with E-state index >= 15 is 0 Å². The first-order valence-corrected chi connectivity index (χ1v) is 3.52. The lowest BCUT2D eigenvalue weighted by Crippen LogP contribution is -2.31. The van der Waals surface area contributed by atoms with Crippen LogP contribution in [0.15, 0.2) is 29.3 Å². The Morgan fingerprint density at radius 3 is 3.17 bits per heavy atom. The van der Waals surface area contributed by atoms with Crippen LogP contribution in [-0.4, -0.2) is 28.7 Å². The molecule has 2 amide bonds. The van der Waals surface area contributed by atoms with Crippen molar-refractivity contribution in [3.05, 3.63) is 24.3 Å². The fourth-order valence-corrected chi connectivity index (χ4v) is 1.09. The van der Waals surface area contributed by atoms with Crippen LogP contribution in [-0.2, 0) is 0 Å². The summed E-state index contributed by atoms with van der Waals surface area (Å²) < 4.78 is 0. The summed E-state index contributed by atoms with van der Waals surface area (Å²) in [4.78, 5) is 18.0. The van der Waals surface area contributed by atoms with Crippen LogP contribution in [0.4, 0.5) is 4.79 Å². The lowest BCUT2D eigenvalue weighted by Gasteiger charge is -2.21. The Labute approximate surface area is 69.5 Å². The number of nitrogens with zero attached hydrogens (tertiary/aromatic N) is 3. The number of nitrogens with two attached hydrogens (primary N) is 1. The third kappa shape index (κ3) is 0.952. The highest BCUT2D eigenvalue weighted by atomic mass is 16.2. The predicted molar refractivity (Wildman–Crippen MR) is 43.8 cm³/mol. The van der Waals surface area contributed by atoms with E-state index in [9.17, 15) is 4.79 Å². The van der Waals surface area contributed by atoms with E-state index in [4.69, 9.17) is 5.73 Å². The average Bonchev–Trinajstić information content (AvgIpc) is 2.49. The van der Waals surface area contributed by atoms with E-state index < -0.39 is 6.03 Å². The molecule has 0 unspecified atom stereocenters. The summed E-state index contributed by atoms with van der Waals surface area (Å²) in [6.45, 7) is 0.620. The lowest BCUT2D eigenvalue weighted by atomic mass is 10.4. The SMILES string of the molecule is NC(=O)N1C=CN2CN=CC2=C1. The Morgan fingerprint density at radius 2 is 2.42 bits per heavy atom. The summed E-state index contributed by atoms with van der Waals surface area (Å²) >= 11 is 0. The minimum absolute atomic E-state index is 0.487. The number of allylic oxidation sites excluding steroid dienone is 1. The van der Waals surface area contributed by atoms with Gasteiger partial charge in [0, 0.05) is 24.8 Å². The first-order chi connectivity index (χ1) is 5.77. The quantitative estimate of drug-likeness (QED) is 0.549. The highest BCUT2D eigenvalue weighted by Crippen LogP contribution is 2.15. The molecule has 2 aliphatic rings. The largest absolute Gasteiger partial charge is 0.351 e. The maximum absolute atomic E-state index is 10.7. The fraction of sp³-hybridized carbons (Fsp3) is 0.143. The van der Waals surface area contributed by atoms with Crippen LogP contribution < -0.4 is 5.73 Å². The second-order valence-electron chi connectivity index (χ2n) is 2.52. The number of rotatable bonds is 0. The molecule has 62 valence electrons. The predicted octanol–water partition coefficient (Wildman–Crippen LogP) is 0.0372. The van der Waals surface area contributed by atoms with Crippen LogP contribution >= 0.6 is 0 Å². The standard InChI is InChI=1S/C7H8N4O/c8-7(12)10-1-2-11-5-9-3-6(11)4-10/h1-4H,5H2,(H2,8,12). The molecular formula is C7H8N4O. The van der Waals surface area contributed by atoms with Gasteiger partial charge in [0.1, 0.15) is 6.67 Å². The number of urea groups is 1. The smallest absolute Gasteiger partial charge is 0.323 e. The molecule has 2 heterocycles. The van der Waals surface area contributed by atoms with E-state index in [1.165, 1.54) is 4.90 Å². The number of hydrogen-bond donors (Lipinski definition) is 1. The molecule has 0 radical (unpaired) electrons. The third-order valence-electron chi connectivity index (χ3n) is 1.72. The molecule has 2 aliphatic heterocycles. The van der Waals surface area contributed by atoms with Gasteiger partial charge in [-0.25, -0.2) is 4.79 Å². The molecule has 2 N–H and O–H groups in total. The van der Waals surface area contributed by atoms with Crippen molar-refractivity contribution in [2.75, 3.05) is 6.67 Å². The van der Waals surface area contributed by atoms with Gasteiger partial charge in [0.05, 0.1) is 5.70 Å². The Bertz CT molecular complexity index is 305. The van der Waals surface area contributed by atoms with Gasteiger partial charge in [0.2, 0.25) is 0 Å². The Kier molecular flexibility index (Phi) is 1.36. The molecule has 0 aromatic rings. The van der Waals surface area contributed by atoms with Gasteiger partial charge in [0.25, 0.3) is 0 Å². The number of amides is 2. The van der Waals surface area contributed by atoms with E-state index in [2.05, 4.69) is 4.99 Å². The first-order valence-electron chi connectivity index (χ1n) is 3.52. The summed E-state index contributed by atoms with van der Waals surface area (Å²) in [5.74, 6) is 0. The zero-order valence-corrected chi connectivity index (χ0v) is 6.34. The summed E-state index contributed by atoms with van der Waals surface area (Å²) in [5, 5.41) is 0. The van der Waals surface area contributed by atoms with E-state index in [0.717, 1.165) is 5.70 Å². The zero-order valence-electron chi connectivity index (χ0n) is 6.34. The van der Waals surface area contributed by atoms with Gasteiger partial charge in [-0.15, -0.1) is 0 Å². The van der Waals surface area contributed by atoms with Gasteiger partial charge in [-0.1, -0.05) is 0 Å². The number of primary amides is 1. The molecule has 0 atom stereocenters. The molecule has 0 saturated heterocycles. The van der Waals surface area contributed by atoms with Crippen LogP contribution in [0.1, 0.15) is 0 Å². The van der Waals surface area contributed by atoms with Crippen molar-refractivity contribution < 1.29 is 4.79 Å². The van der Waals surface area contributed by atoms with Crippen LogP contribution in [0, 0.1) is 0 Å². The minimum Gasteiger partial charge on any atom is -0.351 e. The monoisotopic (exact) mass is 164 g/mol. The zero-order chi connectivity index (χ0) is 8.55. The molecule has 0 aromatic carbocycles. The average molecular weight is 164 g/mol. The van der Waals surface area contributed by atoms with Crippen molar-refractivity contribution in [2.24, 2.45) is 10.7 Å². The molecule has 0 fully saturated rings. The number of hydrogen-bond acceptors (Lipinski definition) is 3. The number of carbonyl (C=O) groups excluding carboxylic acids is 1. The number of fused-ring (bicyclic) bond motifs is 1. The molecule has 5 nitrogen and oxygen atoms in total. The molecule has 0 saturated carbocycles. The number of aliphatic imine (C=N–C) groups is 1. The molecule has 2 rings (SSSR count). The van der Waals surface area contributed by atoms with Gasteiger partial charge in [-0.3, -0.25) is 9.89 Å². The van der Waals surface area contributed by atoms with Gasteiger partial charge in [-0.05, 0) is 0 Å².